The molecule has 0 amide bonds. The molecule has 2 heteroatoms. The predicted octanol–water partition coefficient (Wildman–Crippen LogP) is 3.70. The molecular formula is C15H14O2. The molecule has 1 heterocycles. The van der Waals surface area contributed by atoms with Gasteiger partial charge >= 0.3 is 0 Å². The van der Waals surface area contributed by atoms with Crippen LogP contribution in [0.4, 0.5) is 0 Å². The zero-order valence-corrected chi connectivity index (χ0v) is 9.99. The number of benzene rings is 2. The average molecular weight is 226 g/mol. The van der Waals surface area contributed by atoms with Crippen LogP contribution in [-0.2, 0) is 0 Å². The summed E-state index contributed by atoms with van der Waals surface area (Å²) in [6.45, 7) is 4.44. The van der Waals surface area contributed by atoms with Crippen LogP contribution >= 0.6 is 0 Å². The van der Waals surface area contributed by atoms with E-state index in [-0.39, 0.29) is 0 Å². The smallest absolute Gasteiger partial charge is 0.231 e. The summed E-state index contributed by atoms with van der Waals surface area (Å²) in [6, 6.07) is 12.6. The van der Waals surface area contributed by atoms with Crippen molar-refractivity contribution >= 4 is 0 Å². The van der Waals surface area contributed by atoms with Crippen LogP contribution in [0.2, 0.25) is 0 Å². The Morgan fingerprint density at radius 3 is 2.29 bits per heavy atom. The fraction of sp³-hybridized carbons (Fsp3) is 0.200. The van der Waals surface area contributed by atoms with Gasteiger partial charge in [-0.05, 0) is 25.0 Å². The molecule has 0 bridgehead atoms. The first kappa shape index (κ1) is 10.2. The van der Waals surface area contributed by atoms with E-state index in [4.69, 9.17) is 9.47 Å². The van der Waals surface area contributed by atoms with Crippen LogP contribution in [0.3, 0.4) is 0 Å². The fourth-order valence-corrected chi connectivity index (χ4v) is 2.09. The van der Waals surface area contributed by atoms with Crippen molar-refractivity contribution in [2.24, 2.45) is 0 Å². The summed E-state index contributed by atoms with van der Waals surface area (Å²) >= 11 is 0. The minimum Gasteiger partial charge on any atom is -0.453 e. The standard InChI is InChI=1S/C15H14O2/c1-10-3-6-12(7-4-10)13-8-5-11(2)14-15(13)17-9-16-14/h3-8H,9H2,1-2H3. The Morgan fingerprint density at radius 2 is 1.53 bits per heavy atom. The Bertz CT molecular complexity index is 556. The zero-order valence-electron chi connectivity index (χ0n) is 9.99. The Morgan fingerprint density at radius 1 is 0.824 bits per heavy atom. The lowest BCUT2D eigenvalue weighted by molar-refractivity contribution is 0.174. The highest BCUT2D eigenvalue weighted by Crippen LogP contribution is 2.43. The van der Waals surface area contributed by atoms with Gasteiger partial charge in [0.1, 0.15) is 0 Å². The molecule has 0 fully saturated rings. The maximum absolute atomic E-state index is 5.57. The van der Waals surface area contributed by atoms with Gasteiger partial charge in [0.05, 0.1) is 0 Å². The normalized spacial score (nSPS) is 12.8. The topological polar surface area (TPSA) is 18.5 Å². The second-order valence-corrected chi connectivity index (χ2v) is 4.36. The summed E-state index contributed by atoms with van der Waals surface area (Å²) in [7, 11) is 0. The van der Waals surface area contributed by atoms with E-state index in [1.54, 1.807) is 0 Å². The van der Waals surface area contributed by atoms with E-state index in [2.05, 4.69) is 43.3 Å². The first-order chi connectivity index (χ1) is 8.25. The van der Waals surface area contributed by atoms with Gasteiger partial charge < -0.3 is 9.47 Å². The lowest BCUT2D eigenvalue weighted by Crippen LogP contribution is -1.93. The third-order valence-corrected chi connectivity index (χ3v) is 3.08. The van der Waals surface area contributed by atoms with E-state index in [9.17, 15) is 0 Å². The molecule has 0 radical (unpaired) electrons. The number of aryl methyl sites for hydroxylation is 2. The van der Waals surface area contributed by atoms with Gasteiger partial charge in [-0.25, -0.2) is 0 Å². The van der Waals surface area contributed by atoms with Crippen molar-refractivity contribution in [1.29, 1.82) is 0 Å². The van der Waals surface area contributed by atoms with E-state index in [0.717, 1.165) is 28.2 Å². The van der Waals surface area contributed by atoms with Crippen molar-refractivity contribution in [3.8, 4) is 22.6 Å². The van der Waals surface area contributed by atoms with Gasteiger partial charge in [-0.15, -0.1) is 0 Å². The lowest BCUT2D eigenvalue weighted by atomic mass is 10.0. The van der Waals surface area contributed by atoms with E-state index < -0.39 is 0 Å². The SMILES string of the molecule is Cc1ccc(-c2ccc(C)c3c2OCO3)cc1. The first-order valence-corrected chi connectivity index (χ1v) is 5.72. The molecule has 0 N–H and O–H groups in total. The van der Waals surface area contributed by atoms with Crippen LogP contribution in [0, 0.1) is 13.8 Å². The Balaban J connectivity index is 2.16. The minimum absolute atomic E-state index is 0.319. The molecule has 2 nitrogen and oxygen atoms in total. The maximum atomic E-state index is 5.57. The number of fused-ring (bicyclic) bond motifs is 1. The molecule has 0 saturated carbocycles. The molecule has 2 aromatic carbocycles. The molecule has 0 atom stereocenters. The van der Waals surface area contributed by atoms with E-state index in [0.29, 0.717) is 6.79 Å². The molecule has 0 saturated heterocycles. The van der Waals surface area contributed by atoms with Gasteiger partial charge in [0.2, 0.25) is 6.79 Å². The molecule has 0 spiro atoms. The molecule has 17 heavy (non-hydrogen) atoms. The lowest BCUT2D eigenvalue weighted by Gasteiger charge is -2.08. The molecule has 1 aliphatic heterocycles. The number of rotatable bonds is 1. The largest absolute Gasteiger partial charge is 0.453 e. The van der Waals surface area contributed by atoms with Crippen molar-refractivity contribution < 1.29 is 9.47 Å². The van der Waals surface area contributed by atoms with Crippen LogP contribution in [0.15, 0.2) is 36.4 Å². The molecule has 0 aromatic heterocycles. The summed E-state index contributed by atoms with van der Waals surface area (Å²) < 4.78 is 11.1. The summed E-state index contributed by atoms with van der Waals surface area (Å²) in [4.78, 5) is 0. The van der Waals surface area contributed by atoms with Crippen LogP contribution in [0.1, 0.15) is 11.1 Å². The average Bonchev–Trinajstić information content (AvgIpc) is 2.81. The highest BCUT2D eigenvalue weighted by Gasteiger charge is 2.20. The number of hydrogen-bond donors (Lipinski definition) is 0. The molecule has 1 aliphatic rings. The van der Waals surface area contributed by atoms with Crippen LogP contribution in [-0.4, -0.2) is 6.79 Å². The monoisotopic (exact) mass is 226 g/mol. The summed E-state index contributed by atoms with van der Waals surface area (Å²) in [5.41, 5.74) is 4.64. The Labute approximate surface area is 101 Å². The maximum Gasteiger partial charge on any atom is 0.231 e. The van der Waals surface area contributed by atoms with Gasteiger partial charge in [-0.2, -0.15) is 0 Å². The zero-order chi connectivity index (χ0) is 11.8. The minimum atomic E-state index is 0.319. The predicted molar refractivity (Wildman–Crippen MR) is 67.5 cm³/mol. The third kappa shape index (κ3) is 1.66. The fourth-order valence-electron chi connectivity index (χ4n) is 2.09. The summed E-state index contributed by atoms with van der Waals surface area (Å²) in [5, 5.41) is 0. The van der Waals surface area contributed by atoms with Crippen LogP contribution in [0.25, 0.3) is 11.1 Å². The molecule has 2 aromatic rings. The van der Waals surface area contributed by atoms with Crippen LogP contribution < -0.4 is 9.47 Å². The van der Waals surface area contributed by atoms with Gasteiger partial charge in [-0.3, -0.25) is 0 Å². The second-order valence-electron chi connectivity index (χ2n) is 4.36. The van der Waals surface area contributed by atoms with Crippen molar-refractivity contribution in [2.75, 3.05) is 6.79 Å². The molecule has 3 rings (SSSR count). The Hall–Kier alpha value is -1.96. The van der Waals surface area contributed by atoms with Crippen molar-refractivity contribution in [1.82, 2.24) is 0 Å². The van der Waals surface area contributed by atoms with Crippen LogP contribution in [0.5, 0.6) is 11.5 Å². The number of ether oxygens (including phenoxy) is 2. The van der Waals surface area contributed by atoms with Crippen molar-refractivity contribution in [2.45, 2.75) is 13.8 Å². The summed E-state index contributed by atoms with van der Waals surface area (Å²) in [5.74, 6) is 1.75. The quantitative estimate of drug-likeness (QED) is 0.738. The van der Waals surface area contributed by atoms with Gasteiger partial charge in [0.15, 0.2) is 11.5 Å². The Kier molecular flexibility index (Phi) is 2.29. The summed E-state index contributed by atoms with van der Waals surface area (Å²) in [6.07, 6.45) is 0. The molecule has 86 valence electrons. The van der Waals surface area contributed by atoms with Crippen molar-refractivity contribution in [3.05, 3.63) is 47.5 Å². The third-order valence-electron chi connectivity index (χ3n) is 3.08. The van der Waals surface area contributed by atoms with E-state index in [1.165, 1.54) is 5.56 Å². The van der Waals surface area contributed by atoms with Gasteiger partial charge in [-0.1, -0.05) is 42.0 Å². The highest BCUT2D eigenvalue weighted by molar-refractivity contribution is 5.75. The highest BCUT2D eigenvalue weighted by atomic mass is 16.7. The first-order valence-electron chi connectivity index (χ1n) is 5.72. The van der Waals surface area contributed by atoms with Crippen molar-refractivity contribution in [3.63, 3.8) is 0 Å². The second kappa shape index (κ2) is 3.81. The molecular weight excluding hydrogens is 212 g/mol. The van der Waals surface area contributed by atoms with E-state index in [1.807, 2.05) is 6.92 Å². The van der Waals surface area contributed by atoms with Gasteiger partial charge in [0, 0.05) is 5.56 Å². The van der Waals surface area contributed by atoms with E-state index >= 15 is 0 Å². The molecule has 0 aliphatic carbocycles. The molecule has 0 unspecified atom stereocenters. The number of hydrogen-bond acceptors (Lipinski definition) is 2. The van der Waals surface area contributed by atoms with Gasteiger partial charge in [0.25, 0.3) is 0 Å².